The first-order valence-electron chi connectivity index (χ1n) is 3.98. The fourth-order valence-electron chi connectivity index (χ4n) is 1.44. The zero-order valence-electron chi connectivity index (χ0n) is 7.16. The molecule has 0 aliphatic carbocycles. The summed E-state index contributed by atoms with van der Waals surface area (Å²) < 4.78 is 2.11. The van der Waals surface area contributed by atoms with Gasteiger partial charge in [0.1, 0.15) is 0 Å². The van der Waals surface area contributed by atoms with Crippen LogP contribution in [0.1, 0.15) is 5.56 Å². The molecular formula is C10H9BrNO+. The maximum atomic E-state index is 9.52. The number of halogens is 1. The lowest BCUT2D eigenvalue weighted by Gasteiger charge is -1.98. The first-order chi connectivity index (χ1) is 6.18. The molecule has 2 aromatic rings. The van der Waals surface area contributed by atoms with Crippen LogP contribution in [0.3, 0.4) is 0 Å². The number of aryl methyl sites for hydroxylation is 1. The third kappa shape index (κ3) is 1.40. The average Bonchev–Trinajstić information content (AvgIpc) is 2.07. The van der Waals surface area contributed by atoms with Crippen molar-refractivity contribution in [3.05, 3.63) is 40.5 Å². The summed E-state index contributed by atoms with van der Waals surface area (Å²) in [5.74, 6) is 0. The third-order valence-corrected chi connectivity index (χ3v) is 2.52. The maximum absolute atomic E-state index is 9.52. The topological polar surface area (TPSA) is 24.1 Å². The molecule has 0 radical (unpaired) electrons. The van der Waals surface area contributed by atoms with Crippen molar-refractivity contribution in [1.82, 2.24) is 0 Å². The fraction of sp³-hybridized carbons (Fsp3) is 0.100. The van der Waals surface area contributed by atoms with E-state index < -0.39 is 0 Å². The molecule has 13 heavy (non-hydrogen) atoms. The number of fused-ring (bicyclic) bond motifs is 1. The monoisotopic (exact) mass is 238 g/mol. The second kappa shape index (κ2) is 3.00. The Kier molecular flexibility index (Phi) is 1.96. The number of benzene rings is 1. The minimum absolute atomic E-state index is 0.814. The molecule has 0 aliphatic heterocycles. The summed E-state index contributed by atoms with van der Waals surface area (Å²) in [6.07, 6.45) is 1.62. The lowest BCUT2D eigenvalue weighted by Crippen LogP contribution is -2.29. The summed E-state index contributed by atoms with van der Waals surface area (Å²) >= 11 is 3.39. The molecule has 3 heteroatoms. The number of pyridine rings is 1. The fourth-order valence-corrected chi connectivity index (χ4v) is 2.00. The van der Waals surface area contributed by atoms with Crippen LogP contribution in [0.25, 0.3) is 10.9 Å². The number of rotatable bonds is 0. The van der Waals surface area contributed by atoms with Crippen molar-refractivity contribution in [3.63, 3.8) is 0 Å². The first kappa shape index (κ1) is 8.51. The van der Waals surface area contributed by atoms with E-state index in [-0.39, 0.29) is 0 Å². The minimum Gasteiger partial charge on any atom is -0.285 e. The summed E-state index contributed by atoms with van der Waals surface area (Å²) in [5.41, 5.74) is 1.96. The zero-order chi connectivity index (χ0) is 9.42. The number of aromatic nitrogens is 1. The highest BCUT2D eigenvalue weighted by Gasteiger charge is 2.09. The normalized spacial score (nSPS) is 10.6. The molecule has 0 spiro atoms. The highest BCUT2D eigenvalue weighted by atomic mass is 79.9. The van der Waals surface area contributed by atoms with Crippen LogP contribution in [-0.4, -0.2) is 5.21 Å². The summed E-state index contributed by atoms with van der Waals surface area (Å²) in [6, 6.07) is 7.73. The second-order valence-electron chi connectivity index (χ2n) is 3.01. The van der Waals surface area contributed by atoms with Gasteiger partial charge in [-0.3, -0.25) is 5.21 Å². The SMILES string of the molecule is Cc1cc(Br)cc2c1ccc[n+]2O. The summed E-state index contributed by atoms with van der Waals surface area (Å²) in [4.78, 5) is 0. The van der Waals surface area contributed by atoms with Crippen molar-refractivity contribution in [2.75, 3.05) is 0 Å². The van der Waals surface area contributed by atoms with Crippen molar-refractivity contribution in [2.24, 2.45) is 0 Å². The molecule has 0 bridgehead atoms. The van der Waals surface area contributed by atoms with Crippen molar-refractivity contribution < 1.29 is 9.94 Å². The van der Waals surface area contributed by atoms with E-state index in [1.54, 1.807) is 6.20 Å². The van der Waals surface area contributed by atoms with E-state index >= 15 is 0 Å². The quantitative estimate of drug-likeness (QED) is 0.554. The van der Waals surface area contributed by atoms with E-state index in [2.05, 4.69) is 15.9 Å². The largest absolute Gasteiger partial charge is 0.285 e. The number of nitrogens with zero attached hydrogens (tertiary/aromatic N) is 1. The van der Waals surface area contributed by atoms with Gasteiger partial charge < -0.3 is 0 Å². The lowest BCUT2D eigenvalue weighted by molar-refractivity contribution is -0.884. The van der Waals surface area contributed by atoms with Crippen molar-refractivity contribution >= 4 is 26.8 Å². The van der Waals surface area contributed by atoms with Crippen molar-refractivity contribution in [2.45, 2.75) is 6.92 Å². The van der Waals surface area contributed by atoms with Gasteiger partial charge in [-0.2, -0.15) is 0 Å². The average molecular weight is 239 g/mol. The summed E-state index contributed by atoms with van der Waals surface area (Å²) in [6.45, 7) is 2.02. The van der Waals surface area contributed by atoms with E-state index in [1.807, 2.05) is 31.2 Å². The Morgan fingerprint density at radius 3 is 2.92 bits per heavy atom. The highest BCUT2D eigenvalue weighted by molar-refractivity contribution is 9.10. The van der Waals surface area contributed by atoms with E-state index in [4.69, 9.17) is 0 Å². The Morgan fingerprint density at radius 2 is 2.15 bits per heavy atom. The Labute approximate surface area is 84.5 Å². The minimum atomic E-state index is 0.814. The van der Waals surface area contributed by atoms with E-state index in [9.17, 15) is 5.21 Å². The molecule has 0 atom stereocenters. The molecule has 1 aromatic carbocycles. The van der Waals surface area contributed by atoms with Crippen LogP contribution in [0, 0.1) is 6.92 Å². The van der Waals surface area contributed by atoms with E-state index in [0.717, 1.165) is 25.7 Å². The van der Waals surface area contributed by atoms with Crippen LogP contribution >= 0.6 is 15.9 Å². The van der Waals surface area contributed by atoms with Gasteiger partial charge in [-0.1, -0.05) is 15.9 Å². The maximum Gasteiger partial charge on any atom is 0.265 e. The Hall–Kier alpha value is -1.09. The van der Waals surface area contributed by atoms with Gasteiger partial charge in [0.2, 0.25) is 6.20 Å². The van der Waals surface area contributed by atoms with Crippen LogP contribution in [0.4, 0.5) is 0 Å². The molecule has 0 aliphatic rings. The predicted octanol–water partition coefficient (Wildman–Crippen LogP) is 2.44. The molecule has 0 fully saturated rings. The molecule has 1 heterocycles. The lowest BCUT2D eigenvalue weighted by atomic mass is 10.1. The van der Waals surface area contributed by atoms with Gasteiger partial charge in [0, 0.05) is 21.3 Å². The highest BCUT2D eigenvalue weighted by Crippen LogP contribution is 2.20. The standard InChI is InChI=1S/C10H9BrNO/c1-7-5-8(11)6-10-9(7)3-2-4-12(10)13/h2-6,13H,1H3/q+1. The molecule has 0 saturated carbocycles. The van der Waals surface area contributed by atoms with Crippen molar-refractivity contribution in [1.29, 1.82) is 0 Å². The van der Waals surface area contributed by atoms with Crippen LogP contribution in [0.5, 0.6) is 0 Å². The summed E-state index contributed by atoms with van der Waals surface area (Å²) in [7, 11) is 0. The Morgan fingerprint density at radius 1 is 1.38 bits per heavy atom. The molecule has 1 aromatic heterocycles. The summed E-state index contributed by atoms with van der Waals surface area (Å²) in [5, 5.41) is 10.6. The number of hydrogen-bond acceptors (Lipinski definition) is 1. The molecule has 0 unspecified atom stereocenters. The van der Waals surface area contributed by atoms with E-state index in [1.165, 1.54) is 0 Å². The third-order valence-electron chi connectivity index (χ3n) is 2.07. The van der Waals surface area contributed by atoms with Crippen LogP contribution in [0.15, 0.2) is 34.9 Å². The number of hydrogen-bond donors (Lipinski definition) is 1. The second-order valence-corrected chi connectivity index (χ2v) is 3.92. The van der Waals surface area contributed by atoms with Crippen LogP contribution in [0.2, 0.25) is 0 Å². The molecule has 2 rings (SSSR count). The molecule has 1 N–H and O–H groups in total. The smallest absolute Gasteiger partial charge is 0.265 e. The Balaban J connectivity index is 2.94. The molecule has 66 valence electrons. The first-order valence-corrected chi connectivity index (χ1v) is 4.77. The molecule has 0 saturated heterocycles. The predicted molar refractivity (Wildman–Crippen MR) is 53.8 cm³/mol. The van der Waals surface area contributed by atoms with E-state index in [0.29, 0.717) is 0 Å². The van der Waals surface area contributed by atoms with Gasteiger partial charge in [0.05, 0.1) is 5.39 Å². The zero-order valence-corrected chi connectivity index (χ0v) is 8.75. The van der Waals surface area contributed by atoms with Gasteiger partial charge in [0.25, 0.3) is 5.52 Å². The van der Waals surface area contributed by atoms with Gasteiger partial charge >= 0.3 is 0 Å². The Bertz CT molecular complexity index is 468. The molecule has 2 nitrogen and oxygen atoms in total. The van der Waals surface area contributed by atoms with Gasteiger partial charge in [-0.15, -0.1) is 0 Å². The molecular weight excluding hydrogens is 230 g/mol. The molecule has 0 amide bonds. The van der Waals surface area contributed by atoms with Crippen LogP contribution < -0.4 is 4.73 Å². The van der Waals surface area contributed by atoms with Gasteiger partial charge in [0.15, 0.2) is 0 Å². The van der Waals surface area contributed by atoms with Gasteiger partial charge in [-0.25, -0.2) is 0 Å². The van der Waals surface area contributed by atoms with Gasteiger partial charge in [-0.05, 0) is 24.6 Å². The van der Waals surface area contributed by atoms with Crippen LogP contribution in [-0.2, 0) is 0 Å². The van der Waals surface area contributed by atoms with Crippen molar-refractivity contribution in [3.8, 4) is 0 Å².